The Labute approximate surface area is 153 Å². The van der Waals surface area contributed by atoms with E-state index in [1.54, 1.807) is 11.3 Å². The van der Waals surface area contributed by atoms with Gasteiger partial charge in [0.05, 0.1) is 19.6 Å². The van der Waals surface area contributed by atoms with Crippen molar-refractivity contribution in [3.63, 3.8) is 0 Å². The predicted octanol–water partition coefficient (Wildman–Crippen LogP) is 2.74. The number of hydrogen-bond donors (Lipinski definition) is 0. The topological polar surface area (TPSA) is 45.7 Å². The Balaban J connectivity index is 1.46. The summed E-state index contributed by atoms with van der Waals surface area (Å²) in [5.74, 6) is 1.05. The number of carbonyl (C=O) groups excluding carboxylic acids is 1. The highest BCUT2D eigenvalue weighted by Gasteiger charge is 2.21. The van der Waals surface area contributed by atoms with Crippen LogP contribution in [0.15, 0.2) is 29.6 Å². The average Bonchev–Trinajstić information content (AvgIpc) is 3.02. The van der Waals surface area contributed by atoms with Crippen molar-refractivity contribution < 1.29 is 9.53 Å². The molecule has 0 N–H and O–H groups in total. The average molecular weight is 359 g/mol. The number of aromatic nitrogens is 1. The summed E-state index contributed by atoms with van der Waals surface area (Å²) in [6, 6.07) is 7.81. The van der Waals surface area contributed by atoms with E-state index < -0.39 is 0 Å². The van der Waals surface area contributed by atoms with E-state index in [2.05, 4.69) is 15.3 Å². The van der Waals surface area contributed by atoms with Gasteiger partial charge in [-0.1, -0.05) is 12.1 Å². The molecule has 25 heavy (non-hydrogen) atoms. The van der Waals surface area contributed by atoms with Crippen LogP contribution in [0.5, 0.6) is 5.75 Å². The standard InChI is InChI=1S/C19H25N3O2S/c1-3-24-17-6-4-16(5-7-17)12-19(23)22-10-8-21(9-11-22)13-18-20-15(2)14-25-18/h4-7,14H,3,8-13H2,1-2H3. The molecule has 0 spiro atoms. The van der Waals surface area contributed by atoms with Crippen LogP contribution in [0.2, 0.25) is 0 Å². The highest BCUT2D eigenvalue weighted by atomic mass is 32.1. The Morgan fingerprint density at radius 1 is 1.20 bits per heavy atom. The maximum absolute atomic E-state index is 12.5. The first-order valence-electron chi connectivity index (χ1n) is 8.77. The normalized spacial score (nSPS) is 15.4. The van der Waals surface area contributed by atoms with Crippen LogP contribution in [0.4, 0.5) is 0 Å². The third kappa shape index (κ3) is 5.03. The predicted molar refractivity (Wildman–Crippen MR) is 100 cm³/mol. The van der Waals surface area contributed by atoms with Crippen LogP contribution in [0.25, 0.3) is 0 Å². The van der Waals surface area contributed by atoms with Gasteiger partial charge in [-0.15, -0.1) is 11.3 Å². The highest BCUT2D eigenvalue weighted by Crippen LogP contribution is 2.15. The van der Waals surface area contributed by atoms with Crippen molar-refractivity contribution in [3.05, 3.63) is 45.9 Å². The van der Waals surface area contributed by atoms with Crippen LogP contribution in [0.1, 0.15) is 23.2 Å². The van der Waals surface area contributed by atoms with Crippen LogP contribution >= 0.6 is 11.3 Å². The molecule has 1 aliphatic heterocycles. The zero-order valence-electron chi connectivity index (χ0n) is 14.9. The lowest BCUT2D eigenvalue weighted by Gasteiger charge is -2.34. The number of rotatable bonds is 6. The quantitative estimate of drug-likeness (QED) is 0.796. The first-order chi connectivity index (χ1) is 12.1. The second-order valence-corrected chi connectivity index (χ2v) is 7.24. The Bertz CT molecular complexity index is 691. The second-order valence-electron chi connectivity index (χ2n) is 6.29. The van der Waals surface area contributed by atoms with Gasteiger partial charge in [0.15, 0.2) is 0 Å². The molecule has 2 heterocycles. The SMILES string of the molecule is CCOc1ccc(CC(=O)N2CCN(Cc3nc(C)cs3)CC2)cc1. The van der Waals surface area contributed by atoms with E-state index in [4.69, 9.17) is 4.74 Å². The summed E-state index contributed by atoms with van der Waals surface area (Å²) in [7, 11) is 0. The number of nitrogens with zero attached hydrogens (tertiary/aromatic N) is 3. The van der Waals surface area contributed by atoms with Crippen molar-refractivity contribution in [1.82, 2.24) is 14.8 Å². The van der Waals surface area contributed by atoms with E-state index in [-0.39, 0.29) is 5.91 Å². The van der Waals surface area contributed by atoms with Gasteiger partial charge in [-0.25, -0.2) is 4.98 Å². The van der Waals surface area contributed by atoms with Gasteiger partial charge in [-0.3, -0.25) is 9.69 Å². The fraction of sp³-hybridized carbons (Fsp3) is 0.474. The number of carbonyl (C=O) groups is 1. The van der Waals surface area contributed by atoms with Crippen molar-refractivity contribution >= 4 is 17.2 Å². The lowest BCUT2D eigenvalue weighted by Crippen LogP contribution is -2.48. The van der Waals surface area contributed by atoms with E-state index in [9.17, 15) is 4.79 Å². The minimum Gasteiger partial charge on any atom is -0.494 e. The molecule has 2 aromatic rings. The summed E-state index contributed by atoms with van der Waals surface area (Å²) in [5, 5.41) is 3.25. The monoisotopic (exact) mass is 359 g/mol. The smallest absolute Gasteiger partial charge is 0.227 e. The minimum atomic E-state index is 0.203. The van der Waals surface area contributed by atoms with Crippen molar-refractivity contribution in [2.75, 3.05) is 32.8 Å². The molecule has 1 aromatic heterocycles. The third-order valence-electron chi connectivity index (χ3n) is 4.34. The zero-order valence-corrected chi connectivity index (χ0v) is 15.7. The van der Waals surface area contributed by atoms with E-state index in [0.29, 0.717) is 13.0 Å². The van der Waals surface area contributed by atoms with Gasteiger partial charge in [-0.2, -0.15) is 0 Å². The molecule has 0 atom stereocenters. The maximum Gasteiger partial charge on any atom is 0.227 e. The van der Waals surface area contributed by atoms with Crippen molar-refractivity contribution in [2.45, 2.75) is 26.8 Å². The molecule has 0 saturated carbocycles. The molecule has 1 saturated heterocycles. The number of hydrogen-bond acceptors (Lipinski definition) is 5. The summed E-state index contributed by atoms with van der Waals surface area (Å²) in [4.78, 5) is 21.4. The van der Waals surface area contributed by atoms with Gasteiger partial charge in [0, 0.05) is 37.3 Å². The summed E-state index contributed by atoms with van der Waals surface area (Å²) in [6.07, 6.45) is 0.456. The van der Waals surface area contributed by atoms with E-state index in [1.807, 2.05) is 43.0 Å². The van der Waals surface area contributed by atoms with E-state index in [0.717, 1.165) is 54.7 Å². The molecular formula is C19H25N3O2S. The number of piperazine rings is 1. The molecule has 0 bridgehead atoms. The number of benzene rings is 1. The molecule has 0 radical (unpaired) electrons. The summed E-state index contributed by atoms with van der Waals surface area (Å²) < 4.78 is 5.44. The van der Waals surface area contributed by atoms with Crippen molar-refractivity contribution in [1.29, 1.82) is 0 Å². The van der Waals surface area contributed by atoms with Gasteiger partial charge in [-0.05, 0) is 31.5 Å². The number of ether oxygens (including phenoxy) is 1. The van der Waals surface area contributed by atoms with Crippen LogP contribution in [-0.4, -0.2) is 53.5 Å². The molecular weight excluding hydrogens is 334 g/mol. The summed E-state index contributed by atoms with van der Waals surface area (Å²) >= 11 is 1.71. The molecule has 5 nitrogen and oxygen atoms in total. The fourth-order valence-corrected chi connectivity index (χ4v) is 3.79. The highest BCUT2D eigenvalue weighted by molar-refractivity contribution is 7.09. The number of aryl methyl sites for hydroxylation is 1. The Morgan fingerprint density at radius 3 is 2.52 bits per heavy atom. The van der Waals surface area contributed by atoms with Gasteiger partial charge < -0.3 is 9.64 Å². The molecule has 1 aliphatic rings. The molecule has 6 heteroatoms. The zero-order chi connectivity index (χ0) is 17.6. The number of amides is 1. The van der Waals surface area contributed by atoms with Crippen LogP contribution < -0.4 is 4.74 Å². The lowest BCUT2D eigenvalue weighted by molar-refractivity contribution is -0.132. The Kier molecular flexibility index (Phi) is 6.04. The molecule has 1 fully saturated rings. The summed E-state index contributed by atoms with van der Waals surface area (Å²) in [5.41, 5.74) is 2.12. The first-order valence-corrected chi connectivity index (χ1v) is 9.65. The largest absolute Gasteiger partial charge is 0.494 e. The van der Waals surface area contributed by atoms with Crippen molar-refractivity contribution in [2.24, 2.45) is 0 Å². The minimum absolute atomic E-state index is 0.203. The fourth-order valence-electron chi connectivity index (χ4n) is 2.98. The molecule has 134 valence electrons. The lowest BCUT2D eigenvalue weighted by atomic mass is 10.1. The molecule has 3 rings (SSSR count). The maximum atomic E-state index is 12.5. The molecule has 1 amide bonds. The van der Waals surface area contributed by atoms with E-state index >= 15 is 0 Å². The van der Waals surface area contributed by atoms with Crippen LogP contribution in [-0.2, 0) is 17.8 Å². The Hall–Kier alpha value is -1.92. The van der Waals surface area contributed by atoms with Gasteiger partial charge in [0.25, 0.3) is 0 Å². The second kappa shape index (κ2) is 8.45. The molecule has 1 aromatic carbocycles. The first kappa shape index (κ1) is 17.9. The number of thiazole rings is 1. The van der Waals surface area contributed by atoms with Crippen LogP contribution in [0.3, 0.4) is 0 Å². The van der Waals surface area contributed by atoms with Crippen LogP contribution in [0, 0.1) is 6.92 Å². The van der Waals surface area contributed by atoms with E-state index in [1.165, 1.54) is 0 Å². The molecule has 0 unspecified atom stereocenters. The van der Waals surface area contributed by atoms with Gasteiger partial charge in [0.1, 0.15) is 10.8 Å². The van der Waals surface area contributed by atoms with Crippen molar-refractivity contribution in [3.8, 4) is 5.75 Å². The van der Waals surface area contributed by atoms with Gasteiger partial charge >= 0.3 is 0 Å². The summed E-state index contributed by atoms with van der Waals surface area (Å²) in [6.45, 7) is 8.94. The Morgan fingerprint density at radius 2 is 1.92 bits per heavy atom. The third-order valence-corrected chi connectivity index (χ3v) is 5.29. The van der Waals surface area contributed by atoms with Gasteiger partial charge in [0.2, 0.25) is 5.91 Å². The molecule has 0 aliphatic carbocycles.